The van der Waals surface area contributed by atoms with Crippen molar-refractivity contribution in [3.8, 4) is 28.3 Å². The fourth-order valence-corrected chi connectivity index (χ4v) is 4.10. The quantitative estimate of drug-likeness (QED) is 0.467. The van der Waals surface area contributed by atoms with Crippen LogP contribution < -0.4 is 0 Å². The number of carbonyl (C=O) groups is 1. The minimum absolute atomic E-state index is 0.0639. The molecule has 1 atom stereocenters. The highest BCUT2D eigenvalue weighted by Crippen LogP contribution is 2.39. The Bertz CT molecular complexity index is 1140. The molecule has 1 amide bonds. The van der Waals surface area contributed by atoms with E-state index >= 15 is 0 Å². The molecule has 2 heterocycles. The van der Waals surface area contributed by atoms with Gasteiger partial charge in [0.25, 0.3) is 0 Å². The van der Waals surface area contributed by atoms with Gasteiger partial charge in [-0.2, -0.15) is 0 Å². The van der Waals surface area contributed by atoms with E-state index in [0.717, 1.165) is 22.4 Å². The van der Waals surface area contributed by atoms with E-state index in [0.29, 0.717) is 31.0 Å². The predicted octanol–water partition coefficient (Wildman–Crippen LogP) is 5.58. The summed E-state index contributed by atoms with van der Waals surface area (Å²) in [5.74, 6) is 1.51. The fraction of sp³-hybridized carbons (Fsp3) is 0.154. The molecule has 0 bridgehead atoms. The molecule has 3 aromatic carbocycles. The number of oxazole rings is 1. The topological polar surface area (TPSA) is 66.6 Å². The molecule has 0 aliphatic carbocycles. The number of aromatic nitrogens is 1. The molecule has 1 unspecified atom stereocenters. The van der Waals surface area contributed by atoms with E-state index in [2.05, 4.69) is 0 Å². The number of hydrogen-bond donors (Lipinski definition) is 1. The van der Waals surface area contributed by atoms with E-state index in [1.54, 1.807) is 23.1 Å². The van der Waals surface area contributed by atoms with Gasteiger partial charge in [0.1, 0.15) is 17.5 Å². The van der Waals surface area contributed by atoms with E-state index in [1.165, 1.54) is 0 Å². The van der Waals surface area contributed by atoms with Crippen molar-refractivity contribution in [1.82, 2.24) is 9.88 Å². The Balaban J connectivity index is 1.55. The first-order chi connectivity index (χ1) is 15.2. The molecule has 5 rings (SSSR count). The van der Waals surface area contributed by atoms with Gasteiger partial charge in [0, 0.05) is 24.1 Å². The lowest BCUT2D eigenvalue weighted by atomic mass is 10.1. The van der Waals surface area contributed by atoms with Gasteiger partial charge in [-0.05, 0) is 24.1 Å². The molecule has 5 heteroatoms. The fourth-order valence-electron chi connectivity index (χ4n) is 4.10. The van der Waals surface area contributed by atoms with Crippen LogP contribution in [0, 0.1) is 0 Å². The van der Waals surface area contributed by atoms with Gasteiger partial charge in [-0.1, -0.05) is 72.8 Å². The molecule has 0 saturated carbocycles. The summed E-state index contributed by atoms with van der Waals surface area (Å²) < 4.78 is 6.32. The number of aromatic hydroxyl groups is 1. The van der Waals surface area contributed by atoms with Crippen LogP contribution in [0.15, 0.2) is 89.3 Å². The third-order valence-electron chi connectivity index (χ3n) is 5.60. The Hall–Kier alpha value is -3.86. The molecule has 4 aromatic rings. The molecule has 1 aliphatic rings. The summed E-state index contributed by atoms with van der Waals surface area (Å²) in [5.41, 5.74) is 3.57. The molecule has 1 fully saturated rings. The zero-order valence-electron chi connectivity index (χ0n) is 16.9. The van der Waals surface area contributed by atoms with Crippen LogP contribution in [0.25, 0.3) is 22.6 Å². The average molecular weight is 410 g/mol. The van der Waals surface area contributed by atoms with E-state index in [1.807, 2.05) is 66.7 Å². The van der Waals surface area contributed by atoms with Crippen LogP contribution in [0.5, 0.6) is 5.75 Å². The van der Waals surface area contributed by atoms with E-state index < -0.39 is 0 Å². The zero-order valence-corrected chi connectivity index (χ0v) is 16.9. The molecule has 5 nitrogen and oxygen atoms in total. The Kier molecular flexibility index (Phi) is 5.00. The van der Waals surface area contributed by atoms with Crippen molar-refractivity contribution in [3.63, 3.8) is 0 Å². The van der Waals surface area contributed by atoms with Crippen LogP contribution in [0.1, 0.15) is 30.3 Å². The van der Waals surface area contributed by atoms with Gasteiger partial charge >= 0.3 is 0 Å². The summed E-state index contributed by atoms with van der Waals surface area (Å²) >= 11 is 0. The highest BCUT2D eigenvalue weighted by molar-refractivity contribution is 5.80. The highest BCUT2D eigenvalue weighted by atomic mass is 16.4. The number of rotatable bonds is 5. The maximum atomic E-state index is 12.7. The molecular formula is C26H22N2O3. The molecule has 0 radical (unpaired) electrons. The molecule has 1 saturated heterocycles. The minimum atomic E-state index is -0.241. The van der Waals surface area contributed by atoms with Gasteiger partial charge in [-0.3, -0.25) is 4.79 Å². The molecule has 1 N–H and O–H groups in total. The van der Waals surface area contributed by atoms with Crippen LogP contribution >= 0.6 is 0 Å². The van der Waals surface area contributed by atoms with Crippen molar-refractivity contribution >= 4 is 5.91 Å². The Morgan fingerprint density at radius 1 is 0.935 bits per heavy atom. The van der Waals surface area contributed by atoms with Crippen molar-refractivity contribution in [2.75, 3.05) is 0 Å². The monoisotopic (exact) mass is 410 g/mol. The van der Waals surface area contributed by atoms with Crippen molar-refractivity contribution in [1.29, 1.82) is 0 Å². The van der Waals surface area contributed by atoms with Crippen LogP contribution in [-0.4, -0.2) is 20.9 Å². The molecular weight excluding hydrogens is 388 g/mol. The van der Waals surface area contributed by atoms with Gasteiger partial charge in [0.15, 0.2) is 5.76 Å². The van der Waals surface area contributed by atoms with Gasteiger partial charge < -0.3 is 14.4 Å². The first-order valence-electron chi connectivity index (χ1n) is 10.4. The number of phenols is 1. The summed E-state index contributed by atoms with van der Waals surface area (Å²) in [6.07, 6.45) is 1.10. The second-order valence-corrected chi connectivity index (χ2v) is 7.71. The Labute approximate surface area is 180 Å². The molecule has 31 heavy (non-hydrogen) atoms. The summed E-state index contributed by atoms with van der Waals surface area (Å²) in [6, 6.07) is 26.6. The number of amides is 1. The Morgan fingerprint density at radius 2 is 1.65 bits per heavy atom. The summed E-state index contributed by atoms with van der Waals surface area (Å²) in [7, 11) is 0. The third-order valence-corrected chi connectivity index (χ3v) is 5.60. The second-order valence-electron chi connectivity index (χ2n) is 7.71. The van der Waals surface area contributed by atoms with E-state index in [4.69, 9.17) is 9.40 Å². The number of nitrogens with zero attached hydrogens (tertiary/aromatic N) is 2. The number of benzene rings is 3. The number of likely N-dealkylation sites (tertiary alicyclic amines) is 1. The highest BCUT2D eigenvalue weighted by Gasteiger charge is 2.36. The SMILES string of the molecule is O=C1CCC(c2nc(-c3ccccc3)c(-c3ccccc3)o2)N1Cc1cccc(O)c1. The first-order valence-corrected chi connectivity index (χ1v) is 10.4. The number of phenolic OH excluding ortho intramolecular Hbond substituents is 1. The Morgan fingerprint density at radius 3 is 2.35 bits per heavy atom. The second kappa shape index (κ2) is 8.11. The largest absolute Gasteiger partial charge is 0.508 e. The maximum Gasteiger partial charge on any atom is 0.223 e. The number of hydrogen-bond acceptors (Lipinski definition) is 4. The van der Waals surface area contributed by atoms with Crippen LogP contribution in [0.2, 0.25) is 0 Å². The summed E-state index contributed by atoms with van der Waals surface area (Å²) in [5, 5.41) is 9.79. The zero-order chi connectivity index (χ0) is 21.2. The van der Waals surface area contributed by atoms with Gasteiger partial charge in [0.2, 0.25) is 11.8 Å². The molecule has 0 spiro atoms. The maximum absolute atomic E-state index is 12.7. The molecule has 154 valence electrons. The normalized spacial score (nSPS) is 16.1. The summed E-state index contributed by atoms with van der Waals surface area (Å²) in [4.78, 5) is 19.3. The van der Waals surface area contributed by atoms with E-state index in [-0.39, 0.29) is 17.7 Å². The standard InChI is InChI=1S/C26H22N2O3/c29-21-13-7-8-18(16-21)17-28-22(14-15-23(28)30)26-27-24(19-9-3-1-4-10-19)25(31-26)20-11-5-2-6-12-20/h1-13,16,22,29H,14-15,17H2. The summed E-state index contributed by atoms with van der Waals surface area (Å²) in [6.45, 7) is 0.404. The van der Waals surface area contributed by atoms with Crippen molar-refractivity contribution in [2.24, 2.45) is 0 Å². The van der Waals surface area contributed by atoms with Crippen molar-refractivity contribution in [2.45, 2.75) is 25.4 Å². The van der Waals surface area contributed by atoms with Crippen LogP contribution in [-0.2, 0) is 11.3 Å². The van der Waals surface area contributed by atoms with Crippen molar-refractivity contribution in [3.05, 3.63) is 96.4 Å². The van der Waals surface area contributed by atoms with Gasteiger partial charge in [-0.15, -0.1) is 0 Å². The molecule has 1 aliphatic heterocycles. The van der Waals surface area contributed by atoms with Crippen LogP contribution in [0.3, 0.4) is 0 Å². The van der Waals surface area contributed by atoms with Crippen LogP contribution in [0.4, 0.5) is 0 Å². The third kappa shape index (κ3) is 3.82. The van der Waals surface area contributed by atoms with Gasteiger partial charge in [-0.25, -0.2) is 4.98 Å². The predicted molar refractivity (Wildman–Crippen MR) is 118 cm³/mol. The smallest absolute Gasteiger partial charge is 0.223 e. The average Bonchev–Trinajstić information content (AvgIpc) is 3.39. The molecule has 1 aromatic heterocycles. The lowest BCUT2D eigenvalue weighted by Crippen LogP contribution is -2.27. The van der Waals surface area contributed by atoms with Gasteiger partial charge in [0.05, 0.1) is 0 Å². The van der Waals surface area contributed by atoms with Crippen molar-refractivity contribution < 1.29 is 14.3 Å². The minimum Gasteiger partial charge on any atom is -0.508 e. The van der Waals surface area contributed by atoms with E-state index in [9.17, 15) is 9.90 Å². The lowest BCUT2D eigenvalue weighted by Gasteiger charge is -2.22. The lowest BCUT2D eigenvalue weighted by molar-refractivity contribution is -0.129. The first kappa shape index (κ1) is 19.1. The number of carbonyl (C=O) groups excluding carboxylic acids is 1.